The van der Waals surface area contributed by atoms with E-state index in [9.17, 15) is 4.79 Å². The smallest absolute Gasteiger partial charge is 0.369 e. The summed E-state index contributed by atoms with van der Waals surface area (Å²) in [6.45, 7) is 4.02. The second-order valence-corrected chi connectivity index (χ2v) is 6.64. The zero-order chi connectivity index (χ0) is 18.8. The molecule has 4 aromatic rings. The van der Waals surface area contributed by atoms with Crippen molar-refractivity contribution in [1.82, 2.24) is 24.6 Å². The Morgan fingerprint density at radius 1 is 1.30 bits per heavy atom. The van der Waals surface area contributed by atoms with Gasteiger partial charge >= 0.3 is 5.97 Å². The van der Waals surface area contributed by atoms with Gasteiger partial charge in [-0.2, -0.15) is 0 Å². The molecule has 0 unspecified atom stereocenters. The highest BCUT2D eigenvalue weighted by Crippen LogP contribution is 2.27. The van der Waals surface area contributed by atoms with Crippen LogP contribution >= 0.6 is 11.3 Å². The second-order valence-electron chi connectivity index (χ2n) is 5.66. The molecule has 8 nitrogen and oxygen atoms in total. The number of imidazole rings is 1. The van der Waals surface area contributed by atoms with Crippen LogP contribution in [0, 0.1) is 6.92 Å². The standard InChI is InChI=1S/C18H16N6O2S/c1-3-26-17(25)16-22-23-18(27-16)21-13-10-12(7-8-19-13)15-11(2)20-14-6-4-5-9-24(14)15/h4-10H,3H2,1-2H3,(H,19,21,23). The van der Waals surface area contributed by atoms with Crippen LogP contribution in [0.4, 0.5) is 10.9 Å². The summed E-state index contributed by atoms with van der Waals surface area (Å²) in [5.41, 5.74) is 3.79. The third-order valence-electron chi connectivity index (χ3n) is 3.85. The van der Waals surface area contributed by atoms with Gasteiger partial charge in [-0.15, -0.1) is 10.2 Å². The third-order valence-corrected chi connectivity index (χ3v) is 4.67. The summed E-state index contributed by atoms with van der Waals surface area (Å²) in [4.78, 5) is 20.6. The average molecular weight is 380 g/mol. The molecule has 0 fully saturated rings. The third kappa shape index (κ3) is 3.36. The predicted molar refractivity (Wildman–Crippen MR) is 102 cm³/mol. The number of nitrogens with one attached hydrogen (secondary N) is 1. The molecule has 4 aromatic heterocycles. The number of ether oxygens (including phenoxy) is 1. The maximum absolute atomic E-state index is 11.7. The molecule has 0 aromatic carbocycles. The molecule has 0 saturated carbocycles. The average Bonchev–Trinajstić information content (AvgIpc) is 3.25. The summed E-state index contributed by atoms with van der Waals surface area (Å²) < 4.78 is 6.97. The molecule has 1 N–H and O–H groups in total. The number of carbonyl (C=O) groups excluding carboxylic acids is 1. The number of carbonyl (C=O) groups is 1. The zero-order valence-electron chi connectivity index (χ0n) is 14.7. The number of fused-ring (bicyclic) bond motifs is 1. The van der Waals surface area contributed by atoms with Gasteiger partial charge in [-0.3, -0.25) is 4.40 Å². The van der Waals surface area contributed by atoms with Crippen molar-refractivity contribution in [2.75, 3.05) is 11.9 Å². The molecule has 136 valence electrons. The van der Waals surface area contributed by atoms with Crippen LogP contribution in [-0.2, 0) is 4.74 Å². The van der Waals surface area contributed by atoms with E-state index >= 15 is 0 Å². The highest BCUT2D eigenvalue weighted by atomic mass is 32.1. The molecule has 0 aliphatic heterocycles. The molecule has 0 aliphatic carbocycles. The van der Waals surface area contributed by atoms with Crippen molar-refractivity contribution in [2.45, 2.75) is 13.8 Å². The molecule has 4 rings (SSSR count). The number of pyridine rings is 2. The number of aromatic nitrogens is 5. The van der Waals surface area contributed by atoms with E-state index < -0.39 is 5.97 Å². The topological polar surface area (TPSA) is 94.3 Å². The Morgan fingerprint density at radius 2 is 2.19 bits per heavy atom. The van der Waals surface area contributed by atoms with Crippen LogP contribution < -0.4 is 5.32 Å². The Morgan fingerprint density at radius 3 is 3.04 bits per heavy atom. The van der Waals surface area contributed by atoms with Crippen molar-refractivity contribution in [1.29, 1.82) is 0 Å². The van der Waals surface area contributed by atoms with Crippen molar-refractivity contribution in [2.24, 2.45) is 0 Å². The minimum Gasteiger partial charge on any atom is -0.461 e. The number of rotatable bonds is 5. The summed E-state index contributed by atoms with van der Waals surface area (Å²) in [5.74, 6) is 0.121. The van der Waals surface area contributed by atoms with Gasteiger partial charge in [0.25, 0.3) is 0 Å². The molecule has 0 radical (unpaired) electrons. The lowest BCUT2D eigenvalue weighted by atomic mass is 10.1. The van der Waals surface area contributed by atoms with E-state index in [1.54, 1.807) is 13.1 Å². The molecule has 0 atom stereocenters. The van der Waals surface area contributed by atoms with Crippen LogP contribution in [0.2, 0.25) is 0 Å². The second kappa shape index (κ2) is 7.12. The Hall–Kier alpha value is -3.33. The van der Waals surface area contributed by atoms with Gasteiger partial charge in [0, 0.05) is 18.0 Å². The van der Waals surface area contributed by atoms with Crippen LogP contribution in [0.5, 0.6) is 0 Å². The van der Waals surface area contributed by atoms with Crippen molar-refractivity contribution in [3.63, 3.8) is 0 Å². The summed E-state index contributed by atoms with van der Waals surface area (Å²) in [6, 6.07) is 9.74. The van der Waals surface area contributed by atoms with E-state index in [-0.39, 0.29) is 5.01 Å². The number of esters is 1. The molecule has 0 saturated heterocycles. The van der Waals surface area contributed by atoms with Crippen molar-refractivity contribution in [3.05, 3.63) is 53.4 Å². The molecule has 9 heteroatoms. The van der Waals surface area contributed by atoms with E-state index in [1.165, 1.54) is 0 Å². The van der Waals surface area contributed by atoms with E-state index in [2.05, 4.69) is 25.5 Å². The molecular weight excluding hydrogens is 364 g/mol. The maximum Gasteiger partial charge on any atom is 0.369 e. The maximum atomic E-state index is 11.7. The number of hydrogen-bond donors (Lipinski definition) is 1. The van der Waals surface area contributed by atoms with E-state index in [1.807, 2.05) is 47.9 Å². The summed E-state index contributed by atoms with van der Waals surface area (Å²) in [7, 11) is 0. The van der Waals surface area contributed by atoms with E-state index in [0.29, 0.717) is 17.6 Å². The Balaban J connectivity index is 1.63. The first-order valence-electron chi connectivity index (χ1n) is 8.33. The number of anilines is 2. The van der Waals surface area contributed by atoms with Gasteiger partial charge < -0.3 is 10.1 Å². The Labute approximate surface area is 158 Å². The van der Waals surface area contributed by atoms with Crippen molar-refractivity contribution < 1.29 is 9.53 Å². The largest absolute Gasteiger partial charge is 0.461 e. The van der Waals surface area contributed by atoms with E-state index in [4.69, 9.17) is 4.74 Å². The summed E-state index contributed by atoms with van der Waals surface area (Å²) in [5, 5.41) is 11.6. The lowest BCUT2D eigenvalue weighted by Crippen LogP contribution is -2.03. The monoisotopic (exact) mass is 380 g/mol. The van der Waals surface area contributed by atoms with Crippen molar-refractivity contribution >= 4 is 33.9 Å². The molecule has 0 amide bonds. The molecule has 0 spiro atoms. The first-order valence-corrected chi connectivity index (χ1v) is 9.15. The predicted octanol–water partition coefficient (Wildman–Crippen LogP) is 3.48. The van der Waals surface area contributed by atoms with Gasteiger partial charge in [-0.25, -0.2) is 14.8 Å². The lowest BCUT2D eigenvalue weighted by molar-refractivity contribution is 0.0525. The van der Waals surface area contributed by atoms with Gasteiger partial charge in [0.2, 0.25) is 10.1 Å². The van der Waals surface area contributed by atoms with Gasteiger partial charge in [0.1, 0.15) is 11.5 Å². The van der Waals surface area contributed by atoms with Crippen LogP contribution in [0.3, 0.4) is 0 Å². The normalized spacial score (nSPS) is 10.9. The van der Waals surface area contributed by atoms with E-state index in [0.717, 1.165) is 33.9 Å². The Bertz CT molecular complexity index is 1120. The molecule has 0 aliphatic rings. The quantitative estimate of drug-likeness (QED) is 0.530. The minimum absolute atomic E-state index is 0.202. The van der Waals surface area contributed by atoms with Gasteiger partial charge in [-0.05, 0) is 38.1 Å². The molecule has 4 heterocycles. The van der Waals surface area contributed by atoms with Crippen LogP contribution in [0.15, 0.2) is 42.7 Å². The van der Waals surface area contributed by atoms with Crippen LogP contribution in [0.25, 0.3) is 16.9 Å². The Kier molecular flexibility index (Phi) is 4.51. The molecule has 0 bridgehead atoms. The fourth-order valence-corrected chi connectivity index (χ4v) is 3.41. The van der Waals surface area contributed by atoms with Crippen LogP contribution in [-0.4, -0.2) is 37.1 Å². The molecular formula is C18H16N6O2S. The first kappa shape index (κ1) is 17.1. The van der Waals surface area contributed by atoms with Gasteiger partial charge in [0.05, 0.1) is 18.0 Å². The molecule has 27 heavy (non-hydrogen) atoms. The minimum atomic E-state index is -0.480. The number of nitrogens with zero attached hydrogens (tertiary/aromatic N) is 5. The fourth-order valence-electron chi connectivity index (χ4n) is 2.77. The number of aryl methyl sites for hydroxylation is 1. The van der Waals surface area contributed by atoms with Crippen LogP contribution in [0.1, 0.15) is 22.4 Å². The SMILES string of the molecule is CCOC(=O)c1nnc(Nc2cc(-c3c(C)nc4ccccn34)ccn2)s1. The highest BCUT2D eigenvalue weighted by Gasteiger charge is 2.15. The summed E-state index contributed by atoms with van der Waals surface area (Å²) >= 11 is 1.12. The zero-order valence-corrected chi connectivity index (χ0v) is 15.5. The van der Waals surface area contributed by atoms with Crippen molar-refractivity contribution in [3.8, 4) is 11.3 Å². The fraction of sp³-hybridized carbons (Fsp3) is 0.167. The van der Waals surface area contributed by atoms with Gasteiger partial charge in [-0.1, -0.05) is 17.4 Å². The highest BCUT2D eigenvalue weighted by molar-refractivity contribution is 7.17. The first-order chi connectivity index (χ1) is 13.2. The lowest BCUT2D eigenvalue weighted by Gasteiger charge is -2.06. The number of hydrogen-bond acceptors (Lipinski definition) is 8. The van der Waals surface area contributed by atoms with Gasteiger partial charge in [0.15, 0.2) is 0 Å². The summed E-state index contributed by atoms with van der Waals surface area (Å²) in [6.07, 6.45) is 3.70.